The van der Waals surface area contributed by atoms with Crippen LogP contribution in [0.5, 0.6) is 0 Å². The summed E-state index contributed by atoms with van der Waals surface area (Å²) in [6.45, 7) is 0. The van der Waals surface area contributed by atoms with Gasteiger partial charge in [-0.25, -0.2) is 4.99 Å². The van der Waals surface area contributed by atoms with Crippen molar-refractivity contribution in [3.63, 3.8) is 0 Å². The molecule has 1 N–H and O–H groups in total. The summed E-state index contributed by atoms with van der Waals surface area (Å²) >= 11 is 2.21. The smallest absolute Gasteiger partial charge is 0.275 e. The zero-order chi connectivity index (χ0) is 12.5. The lowest BCUT2D eigenvalue weighted by Crippen LogP contribution is -2.13. The molecule has 0 radical (unpaired) electrons. The maximum atomic E-state index is 11.9. The summed E-state index contributed by atoms with van der Waals surface area (Å²) in [5, 5.41) is 2.82. The topological polar surface area (TPSA) is 41.5 Å². The van der Waals surface area contributed by atoms with Gasteiger partial charge >= 0.3 is 0 Å². The normalized spacial score (nSPS) is 15.6. The highest BCUT2D eigenvalue weighted by Gasteiger charge is 2.25. The number of fused-ring (bicyclic) bond motifs is 1. The number of halogens is 1. The lowest BCUT2D eigenvalue weighted by Gasteiger charge is -1.99. The first kappa shape index (κ1) is 11.4. The molecule has 2 aromatic carbocycles. The molecule has 3 rings (SSSR count). The third kappa shape index (κ3) is 1.92. The van der Waals surface area contributed by atoms with E-state index in [4.69, 9.17) is 0 Å². The van der Waals surface area contributed by atoms with Crippen molar-refractivity contribution in [3.8, 4) is 0 Å². The van der Waals surface area contributed by atoms with Crippen LogP contribution in [-0.4, -0.2) is 11.6 Å². The zero-order valence-corrected chi connectivity index (χ0v) is 11.5. The van der Waals surface area contributed by atoms with Crippen molar-refractivity contribution in [1.29, 1.82) is 0 Å². The Morgan fingerprint density at radius 1 is 1.00 bits per heavy atom. The quantitative estimate of drug-likeness (QED) is 0.789. The molecule has 0 atom stereocenters. The molecule has 88 valence electrons. The van der Waals surface area contributed by atoms with Gasteiger partial charge in [-0.05, 0) is 40.8 Å². The summed E-state index contributed by atoms with van der Waals surface area (Å²) < 4.78 is 1.03. The molecule has 18 heavy (non-hydrogen) atoms. The minimum Gasteiger partial charge on any atom is -0.320 e. The van der Waals surface area contributed by atoms with Gasteiger partial charge in [-0.15, -0.1) is 0 Å². The number of hydrogen-bond donors (Lipinski definition) is 1. The number of nitrogens with zero attached hydrogens (tertiary/aromatic N) is 1. The second-order valence-electron chi connectivity index (χ2n) is 3.91. The lowest BCUT2D eigenvalue weighted by molar-refractivity contribution is -0.110. The van der Waals surface area contributed by atoms with Gasteiger partial charge in [0.2, 0.25) is 0 Å². The van der Waals surface area contributed by atoms with E-state index < -0.39 is 0 Å². The Hall–Kier alpha value is -1.69. The molecule has 4 heteroatoms. The summed E-state index contributed by atoms with van der Waals surface area (Å²) in [5.41, 5.74) is 2.99. The van der Waals surface area contributed by atoms with E-state index in [1.807, 2.05) is 48.5 Å². The van der Waals surface area contributed by atoms with Crippen LogP contribution in [-0.2, 0) is 4.79 Å². The van der Waals surface area contributed by atoms with E-state index in [0.717, 1.165) is 20.5 Å². The van der Waals surface area contributed by atoms with Crippen LogP contribution in [0.4, 0.5) is 11.4 Å². The largest absolute Gasteiger partial charge is 0.320 e. The van der Waals surface area contributed by atoms with Crippen LogP contribution in [0.2, 0.25) is 0 Å². The van der Waals surface area contributed by atoms with Gasteiger partial charge in [0, 0.05) is 9.13 Å². The molecule has 0 spiro atoms. The van der Waals surface area contributed by atoms with Crippen molar-refractivity contribution in [3.05, 3.63) is 57.7 Å². The van der Waals surface area contributed by atoms with Gasteiger partial charge in [0.1, 0.15) is 5.71 Å². The number of hydrogen-bond acceptors (Lipinski definition) is 2. The van der Waals surface area contributed by atoms with Crippen molar-refractivity contribution in [2.75, 3.05) is 5.32 Å². The second kappa shape index (κ2) is 4.53. The Morgan fingerprint density at radius 2 is 1.72 bits per heavy atom. The van der Waals surface area contributed by atoms with Crippen LogP contribution >= 0.6 is 22.6 Å². The fourth-order valence-corrected chi connectivity index (χ4v) is 2.38. The Morgan fingerprint density at radius 3 is 2.56 bits per heavy atom. The van der Waals surface area contributed by atoms with E-state index in [0.29, 0.717) is 5.71 Å². The highest BCUT2D eigenvalue weighted by Crippen LogP contribution is 2.27. The second-order valence-corrected chi connectivity index (χ2v) is 5.07. The first-order valence-corrected chi connectivity index (χ1v) is 6.57. The monoisotopic (exact) mass is 348 g/mol. The molecule has 0 aliphatic carbocycles. The summed E-state index contributed by atoms with van der Waals surface area (Å²) in [6, 6.07) is 15.3. The maximum absolute atomic E-state index is 11.9. The molecule has 0 aromatic heterocycles. The van der Waals surface area contributed by atoms with Crippen molar-refractivity contribution < 1.29 is 4.79 Å². The van der Waals surface area contributed by atoms with Gasteiger partial charge < -0.3 is 5.32 Å². The fraction of sp³-hybridized carbons (Fsp3) is 0. The van der Waals surface area contributed by atoms with E-state index in [-0.39, 0.29) is 5.91 Å². The Balaban J connectivity index is 2.13. The molecule has 0 bridgehead atoms. The third-order valence-electron chi connectivity index (χ3n) is 2.73. The maximum Gasteiger partial charge on any atom is 0.275 e. The molecule has 0 unspecified atom stereocenters. The minimum absolute atomic E-state index is 0.143. The van der Waals surface area contributed by atoms with E-state index in [1.54, 1.807) is 0 Å². The van der Waals surface area contributed by atoms with Gasteiger partial charge in [0.05, 0.1) is 11.4 Å². The Bertz CT molecular complexity index is 664. The zero-order valence-electron chi connectivity index (χ0n) is 9.35. The molecule has 3 nitrogen and oxygen atoms in total. The molecule has 1 amide bonds. The highest BCUT2D eigenvalue weighted by molar-refractivity contribution is 14.1. The van der Waals surface area contributed by atoms with Crippen LogP contribution in [0.3, 0.4) is 0 Å². The Labute approximate surface area is 118 Å². The van der Waals surface area contributed by atoms with Gasteiger partial charge in [-0.2, -0.15) is 0 Å². The molecule has 2 aromatic rings. The average molecular weight is 348 g/mol. The predicted octanol–water partition coefficient (Wildman–Crippen LogP) is 3.36. The molecule has 0 saturated heterocycles. The van der Waals surface area contributed by atoms with Crippen molar-refractivity contribution >= 4 is 45.6 Å². The van der Waals surface area contributed by atoms with Crippen LogP contribution in [0.15, 0.2) is 53.5 Å². The predicted molar refractivity (Wildman–Crippen MR) is 80.4 cm³/mol. The van der Waals surface area contributed by atoms with E-state index in [2.05, 4.69) is 32.9 Å². The van der Waals surface area contributed by atoms with Crippen molar-refractivity contribution in [2.45, 2.75) is 0 Å². The minimum atomic E-state index is -0.143. The van der Waals surface area contributed by atoms with Crippen LogP contribution < -0.4 is 5.32 Å². The number of para-hydroxylation sites is 2. The molecule has 1 aliphatic rings. The fourth-order valence-electron chi connectivity index (χ4n) is 1.88. The number of aliphatic imine (C=N–C) groups is 1. The first-order valence-electron chi connectivity index (χ1n) is 5.50. The van der Waals surface area contributed by atoms with E-state index in [1.165, 1.54) is 0 Å². The number of anilines is 1. The number of benzene rings is 2. The van der Waals surface area contributed by atoms with Gasteiger partial charge in [-0.3, -0.25) is 4.79 Å². The summed E-state index contributed by atoms with van der Waals surface area (Å²) in [7, 11) is 0. The SMILES string of the molecule is O=C1Nc2ccccc2C1=Nc1ccccc1I. The number of rotatable bonds is 1. The van der Waals surface area contributed by atoms with Crippen molar-refractivity contribution in [2.24, 2.45) is 4.99 Å². The number of carbonyl (C=O) groups excluding carboxylic acids is 1. The Kier molecular flexibility index (Phi) is 2.87. The number of carbonyl (C=O) groups is 1. The van der Waals surface area contributed by atoms with Crippen LogP contribution in [0.1, 0.15) is 5.56 Å². The van der Waals surface area contributed by atoms with Gasteiger partial charge in [0.25, 0.3) is 5.91 Å². The standard InChI is InChI=1S/C14H9IN2O/c15-10-6-2-4-8-12(10)16-13-9-5-1-3-7-11(9)17-14(13)18/h1-8H,(H,16,17,18). The molecule has 1 heterocycles. The number of amides is 1. The summed E-state index contributed by atoms with van der Waals surface area (Å²) in [4.78, 5) is 16.4. The van der Waals surface area contributed by atoms with E-state index in [9.17, 15) is 4.79 Å². The van der Waals surface area contributed by atoms with Crippen molar-refractivity contribution in [1.82, 2.24) is 0 Å². The first-order chi connectivity index (χ1) is 8.75. The van der Waals surface area contributed by atoms with E-state index >= 15 is 0 Å². The number of nitrogens with one attached hydrogen (secondary N) is 1. The van der Waals surface area contributed by atoms with Crippen LogP contribution in [0.25, 0.3) is 0 Å². The molecule has 0 saturated carbocycles. The van der Waals surface area contributed by atoms with Gasteiger partial charge in [0.15, 0.2) is 0 Å². The molecular formula is C14H9IN2O. The summed E-state index contributed by atoms with van der Waals surface area (Å²) in [5.74, 6) is -0.143. The van der Waals surface area contributed by atoms with Gasteiger partial charge in [-0.1, -0.05) is 30.3 Å². The third-order valence-corrected chi connectivity index (χ3v) is 3.64. The average Bonchev–Trinajstić information content (AvgIpc) is 2.69. The summed E-state index contributed by atoms with van der Waals surface area (Å²) in [6.07, 6.45) is 0. The van der Waals surface area contributed by atoms with Crippen LogP contribution in [0, 0.1) is 3.57 Å². The molecule has 0 fully saturated rings. The molecule has 1 aliphatic heterocycles. The lowest BCUT2D eigenvalue weighted by atomic mass is 10.1. The molecular weight excluding hydrogens is 339 g/mol. The highest BCUT2D eigenvalue weighted by atomic mass is 127.